The van der Waals surface area contributed by atoms with Gasteiger partial charge in [0.1, 0.15) is 11.5 Å². The molecule has 0 saturated heterocycles. The standard InChI is InChI=1S/C19H19FN2O3/c1-22-11-21-18(13-7-14(23-2)10-15(8-13)24-3)19(22)12-5-6-17(25-4)16(20)9-12/h5-11H,1-4H3. The zero-order valence-corrected chi connectivity index (χ0v) is 14.5. The van der Waals surface area contributed by atoms with Crippen LogP contribution in [0.2, 0.25) is 0 Å². The summed E-state index contributed by atoms with van der Waals surface area (Å²) in [5.41, 5.74) is 3.03. The highest BCUT2D eigenvalue weighted by molar-refractivity contribution is 5.80. The van der Waals surface area contributed by atoms with Crippen LogP contribution in [-0.2, 0) is 7.05 Å². The molecule has 0 aliphatic heterocycles. The van der Waals surface area contributed by atoms with Crippen molar-refractivity contribution in [3.05, 3.63) is 48.5 Å². The van der Waals surface area contributed by atoms with Crippen LogP contribution in [0.4, 0.5) is 4.39 Å². The fraction of sp³-hybridized carbons (Fsp3) is 0.211. The predicted octanol–water partition coefficient (Wildman–Crippen LogP) is 3.92. The van der Waals surface area contributed by atoms with Gasteiger partial charge in [0.25, 0.3) is 0 Å². The molecule has 0 saturated carbocycles. The number of rotatable bonds is 5. The monoisotopic (exact) mass is 342 g/mol. The van der Waals surface area contributed by atoms with Crippen LogP contribution in [0.1, 0.15) is 0 Å². The van der Waals surface area contributed by atoms with Gasteiger partial charge in [0, 0.05) is 24.2 Å². The van der Waals surface area contributed by atoms with Crippen LogP contribution in [0.15, 0.2) is 42.7 Å². The Hall–Kier alpha value is -3.02. The number of imidazole rings is 1. The Bertz CT molecular complexity index is 883. The Morgan fingerprint density at radius 1 is 0.880 bits per heavy atom. The Morgan fingerprint density at radius 2 is 1.56 bits per heavy atom. The number of aromatic nitrogens is 2. The highest BCUT2D eigenvalue weighted by Crippen LogP contribution is 2.36. The molecule has 0 aliphatic carbocycles. The molecule has 0 aliphatic rings. The van der Waals surface area contributed by atoms with Gasteiger partial charge in [-0.2, -0.15) is 0 Å². The number of ether oxygens (including phenoxy) is 3. The molecule has 5 nitrogen and oxygen atoms in total. The summed E-state index contributed by atoms with van der Waals surface area (Å²) in [7, 11) is 6.49. The van der Waals surface area contributed by atoms with Gasteiger partial charge in [0.05, 0.1) is 39.0 Å². The number of methoxy groups -OCH3 is 3. The van der Waals surface area contributed by atoms with Crippen molar-refractivity contribution in [2.45, 2.75) is 0 Å². The minimum Gasteiger partial charge on any atom is -0.497 e. The molecule has 0 amide bonds. The second kappa shape index (κ2) is 6.84. The lowest BCUT2D eigenvalue weighted by atomic mass is 10.0. The van der Waals surface area contributed by atoms with Gasteiger partial charge in [-0.25, -0.2) is 9.37 Å². The summed E-state index contributed by atoms with van der Waals surface area (Å²) in [6.45, 7) is 0. The largest absolute Gasteiger partial charge is 0.497 e. The lowest BCUT2D eigenvalue weighted by Crippen LogP contribution is -1.95. The van der Waals surface area contributed by atoms with Crippen LogP contribution in [0.5, 0.6) is 17.2 Å². The summed E-state index contributed by atoms with van der Waals surface area (Å²) in [6, 6.07) is 10.4. The van der Waals surface area contributed by atoms with Crippen LogP contribution in [0.3, 0.4) is 0 Å². The van der Waals surface area contributed by atoms with Gasteiger partial charge in [-0.15, -0.1) is 0 Å². The molecule has 3 aromatic rings. The SMILES string of the molecule is COc1cc(OC)cc(-c2ncn(C)c2-c2ccc(OC)c(F)c2)c1. The van der Waals surface area contributed by atoms with E-state index in [1.54, 1.807) is 38.7 Å². The number of aryl methyl sites for hydroxylation is 1. The van der Waals surface area contributed by atoms with Crippen molar-refractivity contribution in [1.29, 1.82) is 0 Å². The third-order valence-corrected chi connectivity index (χ3v) is 3.99. The van der Waals surface area contributed by atoms with Crippen molar-refractivity contribution in [3.63, 3.8) is 0 Å². The van der Waals surface area contributed by atoms with E-state index in [2.05, 4.69) is 4.98 Å². The van der Waals surface area contributed by atoms with Crippen LogP contribution >= 0.6 is 0 Å². The quantitative estimate of drug-likeness (QED) is 0.705. The van der Waals surface area contributed by atoms with E-state index < -0.39 is 5.82 Å². The molecule has 0 N–H and O–H groups in total. The normalized spacial score (nSPS) is 10.6. The molecule has 0 bridgehead atoms. The van der Waals surface area contributed by atoms with Gasteiger partial charge < -0.3 is 18.8 Å². The maximum absolute atomic E-state index is 14.2. The molecule has 0 fully saturated rings. The Morgan fingerprint density at radius 3 is 2.12 bits per heavy atom. The maximum atomic E-state index is 14.2. The minimum atomic E-state index is -0.421. The molecule has 25 heavy (non-hydrogen) atoms. The Kier molecular flexibility index (Phi) is 4.61. The molecule has 1 aromatic heterocycles. The smallest absolute Gasteiger partial charge is 0.165 e. The van der Waals surface area contributed by atoms with E-state index >= 15 is 0 Å². The summed E-state index contributed by atoms with van der Waals surface area (Å²) in [5, 5.41) is 0. The Balaban J connectivity index is 2.16. The van der Waals surface area contributed by atoms with E-state index in [0.29, 0.717) is 22.8 Å². The van der Waals surface area contributed by atoms with Crippen LogP contribution < -0.4 is 14.2 Å². The van der Waals surface area contributed by atoms with Crippen molar-refractivity contribution in [2.75, 3.05) is 21.3 Å². The third-order valence-electron chi connectivity index (χ3n) is 3.99. The van der Waals surface area contributed by atoms with Crippen molar-refractivity contribution in [3.8, 4) is 39.8 Å². The van der Waals surface area contributed by atoms with E-state index in [-0.39, 0.29) is 5.75 Å². The van der Waals surface area contributed by atoms with Gasteiger partial charge in [0.15, 0.2) is 11.6 Å². The van der Waals surface area contributed by atoms with E-state index in [1.807, 2.05) is 23.7 Å². The topological polar surface area (TPSA) is 45.5 Å². The number of benzene rings is 2. The number of halogens is 1. The molecular formula is C19H19FN2O3. The highest BCUT2D eigenvalue weighted by atomic mass is 19.1. The minimum absolute atomic E-state index is 0.204. The molecule has 1 heterocycles. The second-order valence-corrected chi connectivity index (χ2v) is 5.50. The van der Waals surface area contributed by atoms with Crippen molar-refractivity contribution in [2.24, 2.45) is 7.05 Å². The van der Waals surface area contributed by atoms with Crippen molar-refractivity contribution < 1.29 is 18.6 Å². The molecule has 0 unspecified atom stereocenters. The lowest BCUT2D eigenvalue weighted by molar-refractivity contribution is 0.386. The zero-order valence-electron chi connectivity index (χ0n) is 14.5. The van der Waals surface area contributed by atoms with E-state index in [4.69, 9.17) is 14.2 Å². The Labute approximate surface area is 145 Å². The fourth-order valence-electron chi connectivity index (χ4n) is 2.74. The van der Waals surface area contributed by atoms with Gasteiger partial charge >= 0.3 is 0 Å². The number of hydrogen-bond donors (Lipinski definition) is 0. The van der Waals surface area contributed by atoms with E-state index in [1.165, 1.54) is 13.2 Å². The summed E-state index contributed by atoms with van der Waals surface area (Å²) in [4.78, 5) is 4.48. The average Bonchev–Trinajstić information content (AvgIpc) is 3.02. The summed E-state index contributed by atoms with van der Waals surface area (Å²) < 4.78 is 31.7. The third kappa shape index (κ3) is 3.15. The van der Waals surface area contributed by atoms with Crippen LogP contribution in [0, 0.1) is 5.82 Å². The molecule has 130 valence electrons. The first-order chi connectivity index (χ1) is 12.1. The second-order valence-electron chi connectivity index (χ2n) is 5.50. The summed E-state index contributed by atoms with van der Waals surface area (Å²) in [5.74, 6) is 1.10. The van der Waals surface area contributed by atoms with Crippen LogP contribution in [0.25, 0.3) is 22.5 Å². The maximum Gasteiger partial charge on any atom is 0.165 e. The summed E-state index contributed by atoms with van der Waals surface area (Å²) in [6.07, 6.45) is 1.69. The summed E-state index contributed by atoms with van der Waals surface area (Å²) >= 11 is 0. The van der Waals surface area contributed by atoms with Gasteiger partial charge in [-0.05, 0) is 30.3 Å². The van der Waals surface area contributed by atoms with Crippen molar-refractivity contribution >= 4 is 0 Å². The fourth-order valence-corrected chi connectivity index (χ4v) is 2.74. The van der Waals surface area contributed by atoms with Crippen LogP contribution in [-0.4, -0.2) is 30.9 Å². The highest BCUT2D eigenvalue weighted by Gasteiger charge is 2.17. The van der Waals surface area contributed by atoms with E-state index in [9.17, 15) is 4.39 Å². The molecular weight excluding hydrogens is 323 g/mol. The average molecular weight is 342 g/mol. The molecule has 3 rings (SSSR count). The van der Waals surface area contributed by atoms with Gasteiger partial charge in [-0.1, -0.05) is 0 Å². The number of nitrogens with zero attached hydrogens (tertiary/aromatic N) is 2. The molecule has 2 aromatic carbocycles. The predicted molar refractivity (Wildman–Crippen MR) is 93.7 cm³/mol. The zero-order chi connectivity index (χ0) is 18.0. The first kappa shape index (κ1) is 16.8. The molecule has 0 radical (unpaired) electrons. The lowest BCUT2D eigenvalue weighted by Gasteiger charge is -2.11. The molecule has 0 atom stereocenters. The first-order valence-electron chi connectivity index (χ1n) is 7.66. The van der Waals surface area contributed by atoms with Gasteiger partial charge in [0.2, 0.25) is 0 Å². The first-order valence-corrected chi connectivity index (χ1v) is 7.66. The van der Waals surface area contributed by atoms with Crippen molar-refractivity contribution in [1.82, 2.24) is 9.55 Å². The molecule has 6 heteroatoms. The number of hydrogen-bond acceptors (Lipinski definition) is 4. The molecule has 0 spiro atoms. The van der Waals surface area contributed by atoms with E-state index in [0.717, 1.165) is 11.3 Å². The van der Waals surface area contributed by atoms with Gasteiger partial charge in [-0.3, -0.25) is 0 Å².